The number of rotatable bonds is 6. The van der Waals surface area contributed by atoms with Gasteiger partial charge in [-0.25, -0.2) is 4.79 Å². The molecule has 0 rings (SSSR count). The summed E-state index contributed by atoms with van der Waals surface area (Å²) in [6, 6.07) is 0. The molecule has 0 aliphatic heterocycles. The van der Waals surface area contributed by atoms with Gasteiger partial charge in [-0.3, -0.25) is 0 Å². The molecule has 4 heteroatoms. The minimum absolute atomic E-state index is 0.368. The predicted molar refractivity (Wildman–Crippen MR) is 48.1 cm³/mol. The molecule has 4 nitrogen and oxygen atoms in total. The van der Waals surface area contributed by atoms with Crippen molar-refractivity contribution in [3.05, 3.63) is 12.7 Å². The van der Waals surface area contributed by atoms with Crippen LogP contribution in [0.25, 0.3) is 0 Å². The standard InChI is InChI=1S/C8H16N2O2/c1-3-4-7-12-8(11)10-6-5-9-2/h3,9H,1,4-7H2,2H3,(H,10,11). The first-order chi connectivity index (χ1) is 5.81. The van der Waals surface area contributed by atoms with E-state index in [2.05, 4.69) is 17.2 Å². The van der Waals surface area contributed by atoms with Crippen LogP contribution in [0, 0.1) is 0 Å². The molecule has 0 unspecified atom stereocenters. The molecule has 2 N–H and O–H groups in total. The molecule has 0 saturated carbocycles. The molecule has 0 aliphatic rings. The number of nitrogens with one attached hydrogen (secondary N) is 2. The van der Waals surface area contributed by atoms with E-state index in [9.17, 15) is 4.79 Å². The van der Waals surface area contributed by atoms with Crippen LogP contribution >= 0.6 is 0 Å². The average molecular weight is 172 g/mol. The van der Waals surface area contributed by atoms with Crippen molar-refractivity contribution in [3.8, 4) is 0 Å². The van der Waals surface area contributed by atoms with Crippen LogP contribution in [0.4, 0.5) is 4.79 Å². The highest BCUT2D eigenvalue weighted by atomic mass is 16.5. The Balaban J connectivity index is 3.15. The second kappa shape index (κ2) is 8.07. The van der Waals surface area contributed by atoms with Gasteiger partial charge in [-0.2, -0.15) is 0 Å². The summed E-state index contributed by atoms with van der Waals surface area (Å²) >= 11 is 0. The highest BCUT2D eigenvalue weighted by Gasteiger charge is 1.97. The van der Waals surface area contributed by atoms with Crippen molar-refractivity contribution in [3.63, 3.8) is 0 Å². The topological polar surface area (TPSA) is 50.4 Å². The summed E-state index contributed by atoms with van der Waals surface area (Å²) in [6.07, 6.45) is 2.03. The lowest BCUT2D eigenvalue weighted by Crippen LogP contribution is -2.31. The van der Waals surface area contributed by atoms with Gasteiger partial charge in [0.15, 0.2) is 0 Å². The van der Waals surface area contributed by atoms with E-state index >= 15 is 0 Å². The quantitative estimate of drug-likeness (QED) is 0.453. The molecule has 0 fully saturated rings. The van der Waals surface area contributed by atoms with Gasteiger partial charge >= 0.3 is 6.09 Å². The first-order valence-corrected chi connectivity index (χ1v) is 3.97. The highest BCUT2D eigenvalue weighted by molar-refractivity contribution is 5.67. The monoisotopic (exact) mass is 172 g/mol. The van der Waals surface area contributed by atoms with Gasteiger partial charge in [-0.15, -0.1) is 6.58 Å². The number of ether oxygens (including phenoxy) is 1. The van der Waals surface area contributed by atoms with Crippen LogP contribution in [0.5, 0.6) is 0 Å². The molecule has 0 aromatic heterocycles. The minimum atomic E-state index is -0.368. The van der Waals surface area contributed by atoms with Gasteiger partial charge in [-0.1, -0.05) is 6.08 Å². The number of alkyl carbamates (subject to hydrolysis) is 1. The number of hydrogen-bond acceptors (Lipinski definition) is 3. The summed E-state index contributed by atoms with van der Waals surface area (Å²) < 4.78 is 4.78. The zero-order valence-electron chi connectivity index (χ0n) is 7.43. The lowest BCUT2D eigenvalue weighted by atomic mass is 10.5. The zero-order valence-corrected chi connectivity index (χ0v) is 7.43. The molecule has 1 amide bonds. The molecule has 0 radical (unpaired) electrons. The minimum Gasteiger partial charge on any atom is -0.449 e. The Morgan fingerprint density at radius 1 is 1.58 bits per heavy atom. The fraction of sp³-hybridized carbons (Fsp3) is 0.625. The second-order valence-corrected chi connectivity index (χ2v) is 2.24. The summed E-state index contributed by atoms with van der Waals surface area (Å²) in [5.41, 5.74) is 0. The van der Waals surface area contributed by atoms with Gasteiger partial charge in [-0.05, 0) is 13.5 Å². The van der Waals surface area contributed by atoms with Crippen molar-refractivity contribution >= 4 is 6.09 Å². The molecular formula is C8H16N2O2. The maximum Gasteiger partial charge on any atom is 0.407 e. The third-order valence-corrected chi connectivity index (χ3v) is 1.20. The molecular weight excluding hydrogens is 156 g/mol. The Morgan fingerprint density at radius 3 is 2.92 bits per heavy atom. The average Bonchev–Trinajstić information content (AvgIpc) is 2.06. The number of carbonyl (C=O) groups is 1. The van der Waals surface area contributed by atoms with Crippen molar-refractivity contribution < 1.29 is 9.53 Å². The summed E-state index contributed by atoms with van der Waals surface area (Å²) in [7, 11) is 1.82. The third kappa shape index (κ3) is 7.08. The number of hydrogen-bond donors (Lipinski definition) is 2. The van der Waals surface area contributed by atoms with Crippen molar-refractivity contribution in [1.82, 2.24) is 10.6 Å². The Labute approximate surface area is 73.0 Å². The second-order valence-electron chi connectivity index (χ2n) is 2.24. The van der Waals surface area contributed by atoms with Gasteiger partial charge in [0.1, 0.15) is 0 Å². The Morgan fingerprint density at radius 2 is 2.33 bits per heavy atom. The molecule has 0 spiro atoms. The Bertz CT molecular complexity index is 137. The SMILES string of the molecule is C=CCCOC(=O)NCCNC. The predicted octanol–water partition coefficient (Wildman–Crippen LogP) is 0.508. The van der Waals surface area contributed by atoms with E-state index in [0.717, 1.165) is 6.54 Å². The Kier molecular flexibility index (Phi) is 7.38. The van der Waals surface area contributed by atoms with Crippen molar-refractivity contribution in [2.24, 2.45) is 0 Å². The van der Waals surface area contributed by atoms with E-state index in [0.29, 0.717) is 19.6 Å². The first-order valence-electron chi connectivity index (χ1n) is 3.97. The number of carbonyl (C=O) groups excluding carboxylic acids is 1. The number of likely N-dealkylation sites (N-methyl/N-ethyl adjacent to an activating group) is 1. The van der Waals surface area contributed by atoms with E-state index in [1.54, 1.807) is 6.08 Å². The molecule has 0 aromatic carbocycles. The van der Waals surface area contributed by atoms with Gasteiger partial charge in [0.2, 0.25) is 0 Å². The van der Waals surface area contributed by atoms with E-state index in [4.69, 9.17) is 4.74 Å². The molecule has 0 aromatic rings. The Hall–Kier alpha value is -1.03. The van der Waals surface area contributed by atoms with Crippen LogP contribution in [-0.2, 0) is 4.74 Å². The van der Waals surface area contributed by atoms with Gasteiger partial charge < -0.3 is 15.4 Å². The van der Waals surface area contributed by atoms with Crippen molar-refractivity contribution in [2.45, 2.75) is 6.42 Å². The normalized spacial score (nSPS) is 9.08. The van der Waals surface area contributed by atoms with Gasteiger partial charge in [0.05, 0.1) is 6.61 Å². The van der Waals surface area contributed by atoms with E-state index < -0.39 is 0 Å². The van der Waals surface area contributed by atoms with Crippen molar-refractivity contribution in [2.75, 3.05) is 26.7 Å². The van der Waals surface area contributed by atoms with Crippen LogP contribution in [0.1, 0.15) is 6.42 Å². The molecule has 0 aliphatic carbocycles. The molecule has 0 atom stereocenters. The van der Waals surface area contributed by atoms with Gasteiger partial charge in [0, 0.05) is 13.1 Å². The fourth-order valence-corrected chi connectivity index (χ4v) is 0.576. The van der Waals surface area contributed by atoms with E-state index in [1.165, 1.54) is 0 Å². The maximum atomic E-state index is 10.8. The highest BCUT2D eigenvalue weighted by Crippen LogP contribution is 1.83. The third-order valence-electron chi connectivity index (χ3n) is 1.20. The summed E-state index contributed by atoms with van der Waals surface area (Å²) in [4.78, 5) is 10.8. The van der Waals surface area contributed by atoms with Crippen LogP contribution in [0.15, 0.2) is 12.7 Å². The van der Waals surface area contributed by atoms with Crippen LogP contribution in [0.2, 0.25) is 0 Å². The maximum absolute atomic E-state index is 10.8. The molecule has 0 heterocycles. The lowest BCUT2D eigenvalue weighted by molar-refractivity contribution is 0.148. The van der Waals surface area contributed by atoms with E-state index in [-0.39, 0.29) is 6.09 Å². The first kappa shape index (κ1) is 11.0. The smallest absolute Gasteiger partial charge is 0.407 e. The van der Waals surface area contributed by atoms with Crippen LogP contribution < -0.4 is 10.6 Å². The molecule has 0 saturated heterocycles. The molecule has 12 heavy (non-hydrogen) atoms. The van der Waals surface area contributed by atoms with Crippen LogP contribution in [-0.4, -0.2) is 32.8 Å². The van der Waals surface area contributed by atoms with Crippen molar-refractivity contribution in [1.29, 1.82) is 0 Å². The number of amides is 1. The molecule has 70 valence electrons. The van der Waals surface area contributed by atoms with E-state index in [1.807, 2.05) is 7.05 Å². The largest absolute Gasteiger partial charge is 0.449 e. The lowest BCUT2D eigenvalue weighted by Gasteiger charge is -2.04. The summed E-state index contributed by atoms with van der Waals surface area (Å²) in [5, 5.41) is 5.49. The fourth-order valence-electron chi connectivity index (χ4n) is 0.576. The van der Waals surface area contributed by atoms with Gasteiger partial charge in [0.25, 0.3) is 0 Å². The van der Waals surface area contributed by atoms with Crippen LogP contribution in [0.3, 0.4) is 0 Å². The summed E-state index contributed by atoms with van der Waals surface area (Å²) in [6.45, 7) is 5.24. The summed E-state index contributed by atoms with van der Waals surface area (Å²) in [5.74, 6) is 0. The molecule has 0 bridgehead atoms. The zero-order chi connectivity index (χ0) is 9.23.